The average Bonchev–Trinajstić information content (AvgIpc) is 2.46. The van der Waals surface area contributed by atoms with Crippen LogP contribution < -0.4 is 0 Å². The van der Waals surface area contributed by atoms with Crippen LogP contribution in [0.25, 0.3) is 0 Å². The Kier molecular flexibility index (Phi) is 8.06. The van der Waals surface area contributed by atoms with Gasteiger partial charge in [0.2, 0.25) is 0 Å². The molecule has 0 aromatic rings. The molecule has 2 nitrogen and oxygen atoms in total. The molecule has 88 valence electrons. The smallest absolute Gasteiger partial charge is 0.333 e. The van der Waals surface area contributed by atoms with E-state index in [1.165, 1.54) is 32.1 Å². The number of esters is 1. The van der Waals surface area contributed by atoms with Gasteiger partial charge in [0.25, 0.3) is 0 Å². The molecule has 1 saturated heterocycles. The summed E-state index contributed by atoms with van der Waals surface area (Å²) < 4.78 is 4.73. The van der Waals surface area contributed by atoms with Gasteiger partial charge in [-0.25, -0.2) is 4.79 Å². The number of carbonyl (C=O) groups is 1. The Morgan fingerprint density at radius 1 is 1.27 bits per heavy atom. The van der Waals surface area contributed by atoms with Crippen molar-refractivity contribution >= 4 is 5.97 Å². The largest absolute Gasteiger partial charge is 0.459 e. The van der Waals surface area contributed by atoms with Gasteiger partial charge < -0.3 is 4.74 Å². The molecule has 1 atom stereocenters. The van der Waals surface area contributed by atoms with Crippen LogP contribution in [0.5, 0.6) is 0 Å². The fourth-order valence-electron chi connectivity index (χ4n) is 1.41. The maximum absolute atomic E-state index is 10.5. The van der Waals surface area contributed by atoms with E-state index in [2.05, 4.69) is 20.4 Å². The zero-order chi connectivity index (χ0) is 11.7. The third kappa shape index (κ3) is 7.18. The third-order valence-electron chi connectivity index (χ3n) is 2.34. The van der Waals surface area contributed by atoms with E-state index in [-0.39, 0.29) is 12.1 Å². The Morgan fingerprint density at radius 3 is 2.00 bits per heavy atom. The molecule has 0 radical (unpaired) electrons. The predicted molar refractivity (Wildman–Crippen MR) is 63.7 cm³/mol. The molecule has 0 spiro atoms. The van der Waals surface area contributed by atoms with Gasteiger partial charge in [-0.3, -0.25) is 0 Å². The molecule has 0 aliphatic carbocycles. The summed E-state index contributed by atoms with van der Waals surface area (Å²) in [6.45, 7) is 9.86. The lowest BCUT2D eigenvalue weighted by Crippen LogP contribution is -1.99. The van der Waals surface area contributed by atoms with E-state index in [1.54, 1.807) is 0 Å². The van der Waals surface area contributed by atoms with Crippen molar-refractivity contribution in [3.8, 4) is 0 Å². The van der Waals surface area contributed by atoms with Crippen molar-refractivity contribution < 1.29 is 9.53 Å². The van der Waals surface area contributed by atoms with Gasteiger partial charge in [0.05, 0.1) is 0 Å². The standard InChI is InChI=1S/C7H16.C6H8O2/c1-3-5-7-6-4-2;1-4-3-5(2)8-6(4)7/h3-7H2,1-2H3;5H,1,3H2,2H3. The van der Waals surface area contributed by atoms with Crippen molar-refractivity contribution in [3.05, 3.63) is 12.2 Å². The minimum Gasteiger partial charge on any atom is -0.459 e. The first kappa shape index (κ1) is 14.2. The van der Waals surface area contributed by atoms with Crippen LogP contribution >= 0.6 is 0 Å². The van der Waals surface area contributed by atoms with E-state index in [1.807, 2.05) is 6.92 Å². The molecule has 1 unspecified atom stereocenters. The highest BCUT2D eigenvalue weighted by atomic mass is 16.5. The predicted octanol–water partition coefficient (Wildman–Crippen LogP) is 3.85. The summed E-state index contributed by atoms with van der Waals surface area (Å²) in [7, 11) is 0. The summed E-state index contributed by atoms with van der Waals surface area (Å²) in [5.41, 5.74) is 0.595. The van der Waals surface area contributed by atoms with Crippen molar-refractivity contribution in [2.75, 3.05) is 0 Å². The highest BCUT2D eigenvalue weighted by molar-refractivity contribution is 5.89. The molecule has 0 bridgehead atoms. The SMILES string of the molecule is C=C1CC(C)OC1=O.CCCCCCC. The van der Waals surface area contributed by atoms with Crippen LogP contribution in [0.4, 0.5) is 0 Å². The quantitative estimate of drug-likeness (QED) is 0.402. The monoisotopic (exact) mass is 212 g/mol. The number of ether oxygens (including phenoxy) is 1. The van der Waals surface area contributed by atoms with Gasteiger partial charge in [-0.05, 0) is 6.92 Å². The summed E-state index contributed by atoms with van der Waals surface area (Å²) in [6.07, 6.45) is 7.75. The Balaban J connectivity index is 0.000000265. The molecule has 0 saturated carbocycles. The third-order valence-corrected chi connectivity index (χ3v) is 2.34. The summed E-state index contributed by atoms with van der Waals surface area (Å²) in [5.74, 6) is -0.238. The Hall–Kier alpha value is -0.790. The second-order valence-corrected chi connectivity index (χ2v) is 4.08. The van der Waals surface area contributed by atoms with Crippen molar-refractivity contribution in [1.82, 2.24) is 0 Å². The number of cyclic esters (lactones) is 1. The highest BCUT2D eigenvalue weighted by Crippen LogP contribution is 2.16. The average molecular weight is 212 g/mol. The maximum atomic E-state index is 10.5. The summed E-state index contributed by atoms with van der Waals surface area (Å²) >= 11 is 0. The molecule has 2 heteroatoms. The van der Waals surface area contributed by atoms with Crippen LogP contribution in [0.2, 0.25) is 0 Å². The maximum Gasteiger partial charge on any atom is 0.333 e. The number of hydrogen-bond donors (Lipinski definition) is 0. The molecular formula is C13H24O2. The summed E-state index contributed by atoms with van der Waals surface area (Å²) in [4.78, 5) is 10.5. The van der Waals surface area contributed by atoms with Gasteiger partial charge in [-0.2, -0.15) is 0 Å². The van der Waals surface area contributed by atoms with Crippen LogP contribution in [0.3, 0.4) is 0 Å². The minimum absolute atomic E-state index is 0.0509. The number of carbonyl (C=O) groups excluding carboxylic acids is 1. The van der Waals surface area contributed by atoms with Gasteiger partial charge in [0, 0.05) is 12.0 Å². The van der Waals surface area contributed by atoms with Crippen molar-refractivity contribution in [2.24, 2.45) is 0 Å². The molecular weight excluding hydrogens is 188 g/mol. The van der Waals surface area contributed by atoms with Crippen molar-refractivity contribution in [3.63, 3.8) is 0 Å². The molecule has 15 heavy (non-hydrogen) atoms. The van der Waals surface area contributed by atoms with E-state index >= 15 is 0 Å². The van der Waals surface area contributed by atoms with E-state index < -0.39 is 0 Å². The van der Waals surface area contributed by atoms with Crippen molar-refractivity contribution in [1.29, 1.82) is 0 Å². The number of unbranched alkanes of at least 4 members (excludes halogenated alkanes) is 4. The number of rotatable bonds is 4. The molecule has 1 fully saturated rings. The Bertz CT molecular complexity index is 177. The highest BCUT2D eigenvalue weighted by Gasteiger charge is 2.22. The van der Waals surface area contributed by atoms with Gasteiger partial charge >= 0.3 is 5.97 Å². The van der Waals surface area contributed by atoms with Crippen molar-refractivity contribution in [2.45, 2.75) is 65.4 Å². The van der Waals surface area contributed by atoms with E-state index in [4.69, 9.17) is 4.74 Å². The van der Waals surface area contributed by atoms with Crippen LogP contribution in [0.15, 0.2) is 12.2 Å². The lowest BCUT2D eigenvalue weighted by atomic mass is 10.2. The lowest BCUT2D eigenvalue weighted by molar-refractivity contribution is -0.138. The Labute approximate surface area is 93.7 Å². The van der Waals surface area contributed by atoms with E-state index in [0.717, 1.165) is 0 Å². The zero-order valence-corrected chi connectivity index (χ0v) is 10.3. The van der Waals surface area contributed by atoms with Crippen LogP contribution in [0, 0.1) is 0 Å². The first-order valence-corrected chi connectivity index (χ1v) is 6.00. The second kappa shape index (κ2) is 8.51. The van der Waals surface area contributed by atoms with Crippen LogP contribution in [0.1, 0.15) is 59.3 Å². The lowest BCUT2D eigenvalue weighted by Gasteiger charge is -1.94. The van der Waals surface area contributed by atoms with Gasteiger partial charge in [-0.1, -0.05) is 52.5 Å². The van der Waals surface area contributed by atoms with Crippen LogP contribution in [-0.2, 0) is 9.53 Å². The fraction of sp³-hybridized carbons (Fsp3) is 0.769. The summed E-state index contributed by atoms with van der Waals surface area (Å²) in [5, 5.41) is 0. The Morgan fingerprint density at radius 2 is 1.80 bits per heavy atom. The molecule has 1 heterocycles. The zero-order valence-electron chi connectivity index (χ0n) is 10.3. The normalized spacial score (nSPS) is 19.5. The van der Waals surface area contributed by atoms with Gasteiger partial charge in [-0.15, -0.1) is 0 Å². The molecule has 1 aliphatic heterocycles. The van der Waals surface area contributed by atoms with Gasteiger partial charge in [0.1, 0.15) is 6.10 Å². The fourth-order valence-corrected chi connectivity index (χ4v) is 1.41. The first-order chi connectivity index (χ1) is 7.11. The van der Waals surface area contributed by atoms with Crippen LogP contribution in [-0.4, -0.2) is 12.1 Å². The molecule has 0 amide bonds. The van der Waals surface area contributed by atoms with E-state index in [0.29, 0.717) is 12.0 Å². The molecule has 1 aliphatic rings. The molecule has 0 N–H and O–H groups in total. The molecule has 1 rings (SSSR count). The summed E-state index contributed by atoms with van der Waals surface area (Å²) in [6, 6.07) is 0. The van der Waals surface area contributed by atoms with Gasteiger partial charge in [0.15, 0.2) is 0 Å². The van der Waals surface area contributed by atoms with E-state index in [9.17, 15) is 4.79 Å². The molecule has 0 aromatic carbocycles. The molecule has 0 aromatic heterocycles. The topological polar surface area (TPSA) is 26.3 Å². The number of hydrogen-bond acceptors (Lipinski definition) is 2. The first-order valence-electron chi connectivity index (χ1n) is 6.00. The minimum atomic E-state index is -0.238. The second-order valence-electron chi connectivity index (χ2n) is 4.08.